The van der Waals surface area contributed by atoms with E-state index in [1.165, 1.54) is 11.3 Å². The summed E-state index contributed by atoms with van der Waals surface area (Å²) < 4.78 is 0. The van der Waals surface area contributed by atoms with Gasteiger partial charge in [-0.05, 0) is 18.6 Å². The normalized spacial score (nSPS) is 10.1. The largest absolute Gasteiger partial charge is 0.360 e. The highest BCUT2D eigenvalue weighted by molar-refractivity contribution is 7.17. The lowest BCUT2D eigenvalue weighted by molar-refractivity contribution is 0.102. The number of carbonyl (C=O) groups excluding carboxylic acids is 1. The third-order valence-electron chi connectivity index (χ3n) is 2.08. The zero-order valence-corrected chi connectivity index (χ0v) is 10.7. The molecule has 0 saturated carbocycles. The van der Waals surface area contributed by atoms with Gasteiger partial charge in [-0.2, -0.15) is 0 Å². The minimum atomic E-state index is -0.261. The minimum Gasteiger partial charge on any atom is -0.360 e. The molecule has 0 spiro atoms. The topological polar surface area (TPSA) is 79.8 Å². The molecule has 0 aromatic carbocycles. The Labute approximate surface area is 108 Å². The van der Waals surface area contributed by atoms with Crippen molar-refractivity contribution < 1.29 is 4.79 Å². The molecular formula is C11H13N5OS. The predicted octanol–water partition coefficient (Wildman–Crippen LogP) is 2.01. The van der Waals surface area contributed by atoms with Gasteiger partial charge in [0.1, 0.15) is 0 Å². The molecular weight excluding hydrogens is 250 g/mol. The lowest BCUT2D eigenvalue weighted by Crippen LogP contribution is -2.11. The van der Waals surface area contributed by atoms with E-state index in [2.05, 4.69) is 32.7 Å². The monoisotopic (exact) mass is 263 g/mol. The lowest BCUT2D eigenvalue weighted by Gasteiger charge is -2.00. The Kier molecular flexibility index (Phi) is 4.19. The van der Waals surface area contributed by atoms with Gasteiger partial charge in [0.2, 0.25) is 10.1 Å². The summed E-state index contributed by atoms with van der Waals surface area (Å²) >= 11 is 1.24. The molecule has 0 saturated heterocycles. The fourth-order valence-corrected chi connectivity index (χ4v) is 1.90. The van der Waals surface area contributed by atoms with Gasteiger partial charge in [0.25, 0.3) is 5.91 Å². The van der Waals surface area contributed by atoms with Gasteiger partial charge >= 0.3 is 0 Å². The van der Waals surface area contributed by atoms with E-state index in [0.717, 1.165) is 13.0 Å². The van der Waals surface area contributed by atoms with Gasteiger partial charge in [0.05, 0.1) is 0 Å². The van der Waals surface area contributed by atoms with Crippen LogP contribution in [0.25, 0.3) is 0 Å². The van der Waals surface area contributed by atoms with Crippen molar-refractivity contribution in [1.82, 2.24) is 15.2 Å². The van der Waals surface area contributed by atoms with Crippen LogP contribution >= 0.6 is 11.3 Å². The number of hydrogen-bond donors (Lipinski definition) is 2. The van der Waals surface area contributed by atoms with Gasteiger partial charge in [-0.25, -0.2) is 0 Å². The Morgan fingerprint density at radius 3 is 2.83 bits per heavy atom. The number of hydrogen-bond acceptors (Lipinski definition) is 6. The average molecular weight is 263 g/mol. The molecule has 0 radical (unpaired) electrons. The summed E-state index contributed by atoms with van der Waals surface area (Å²) in [4.78, 5) is 15.7. The average Bonchev–Trinajstić information content (AvgIpc) is 2.86. The number of aromatic nitrogens is 3. The maximum absolute atomic E-state index is 11.8. The molecule has 94 valence electrons. The SMILES string of the molecule is CCCNc1nnc(C(=O)Nc2ccncc2)s1. The fourth-order valence-electron chi connectivity index (χ4n) is 1.24. The van der Waals surface area contributed by atoms with Crippen LogP contribution in [0.1, 0.15) is 23.1 Å². The maximum Gasteiger partial charge on any atom is 0.286 e. The van der Waals surface area contributed by atoms with E-state index in [4.69, 9.17) is 0 Å². The molecule has 2 rings (SSSR count). The summed E-state index contributed by atoms with van der Waals surface area (Å²) in [7, 11) is 0. The van der Waals surface area contributed by atoms with Crippen molar-refractivity contribution in [2.75, 3.05) is 17.2 Å². The number of nitrogens with one attached hydrogen (secondary N) is 2. The summed E-state index contributed by atoms with van der Waals surface area (Å²) in [5, 5.41) is 14.6. The van der Waals surface area contributed by atoms with Gasteiger partial charge in [0.15, 0.2) is 0 Å². The molecule has 0 atom stereocenters. The lowest BCUT2D eigenvalue weighted by atomic mass is 10.4. The number of anilines is 2. The van der Waals surface area contributed by atoms with Crippen LogP contribution in [0.5, 0.6) is 0 Å². The zero-order chi connectivity index (χ0) is 12.8. The third kappa shape index (κ3) is 3.24. The molecule has 1 amide bonds. The number of rotatable bonds is 5. The third-order valence-corrected chi connectivity index (χ3v) is 2.96. The summed E-state index contributed by atoms with van der Waals surface area (Å²) in [6.45, 7) is 2.88. The highest BCUT2D eigenvalue weighted by Crippen LogP contribution is 2.16. The van der Waals surface area contributed by atoms with Crippen LogP contribution in [-0.2, 0) is 0 Å². The smallest absolute Gasteiger partial charge is 0.286 e. The Morgan fingerprint density at radius 2 is 2.11 bits per heavy atom. The van der Waals surface area contributed by atoms with E-state index in [1.807, 2.05) is 0 Å². The highest BCUT2D eigenvalue weighted by Gasteiger charge is 2.12. The van der Waals surface area contributed by atoms with Crippen LogP contribution in [0.3, 0.4) is 0 Å². The number of amides is 1. The van der Waals surface area contributed by atoms with Crippen molar-refractivity contribution in [3.8, 4) is 0 Å². The van der Waals surface area contributed by atoms with Crippen molar-refractivity contribution in [1.29, 1.82) is 0 Å². The summed E-state index contributed by atoms with van der Waals surface area (Å²) in [6, 6.07) is 3.43. The number of pyridine rings is 1. The number of nitrogens with zero attached hydrogens (tertiary/aromatic N) is 3. The molecule has 0 unspecified atom stereocenters. The first-order chi connectivity index (χ1) is 8.79. The molecule has 2 N–H and O–H groups in total. The molecule has 6 nitrogen and oxygen atoms in total. The van der Waals surface area contributed by atoms with Gasteiger partial charge in [0, 0.05) is 24.6 Å². The van der Waals surface area contributed by atoms with Crippen molar-refractivity contribution in [2.45, 2.75) is 13.3 Å². The van der Waals surface area contributed by atoms with E-state index in [9.17, 15) is 4.79 Å². The Hall–Kier alpha value is -2.02. The second-order valence-electron chi connectivity index (χ2n) is 3.53. The van der Waals surface area contributed by atoms with Crippen LogP contribution in [-0.4, -0.2) is 27.6 Å². The Bertz CT molecular complexity index is 513. The molecule has 0 fully saturated rings. The van der Waals surface area contributed by atoms with Crippen molar-refractivity contribution >= 4 is 28.1 Å². The van der Waals surface area contributed by atoms with Crippen LogP contribution < -0.4 is 10.6 Å². The number of carbonyl (C=O) groups is 1. The minimum absolute atomic E-state index is 0.261. The first kappa shape index (κ1) is 12.4. The van der Waals surface area contributed by atoms with Crippen LogP contribution in [0.4, 0.5) is 10.8 Å². The zero-order valence-electron chi connectivity index (χ0n) is 9.88. The summed E-state index contributed by atoms with van der Waals surface area (Å²) in [5.74, 6) is -0.261. The standard InChI is InChI=1S/C11H13N5OS/c1-2-5-13-11-16-15-10(18-11)9(17)14-8-3-6-12-7-4-8/h3-4,6-7H,2,5H2,1H3,(H,13,16)(H,12,14,17). The molecule has 0 aliphatic rings. The van der Waals surface area contributed by atoms with Crippen molar-refractivity contribution in [2.24, 2.45) is 0 Å². The molecule has 2 aromatic rings. The second-order valence-corrected chi connectivity index (χ2v) is 4.51. The molecule has 2 heterocycles. The van der Waals surface area contributed by atoms with Gasteiger partial charge < -0.3 is 10.6 Å². The van der Waals surface area contributed by atoms with E-state index in [1.54, 1.807) is 24.5 Å². The molecule has 2 aromatic heterocycles. The van der Waals surface area contributed by atoms with E-state index in [-0.39, 0.29) is 5.91 Å². The van der Waals surface area contributed by atoms with Gasteiger partial charge in [-0.15, -0.1) is 10.2 Å². The first-order valence-corrected chi connectivity index (χ1v) is 6.40. The second kappa shape index (κ2) is 6.06. The fraction of sp³-hybridized carbons (Fsp3) is 0.273. The van der Waals surface area contributed by atoms with Gasteiger partial charge in [-0.1, -0.05) is 18.3 Å². The predicted molar refractivity (Wildman–Crippen MR) is 70.9 cm³/mol. The van der Waals surface area contributed by atoms with Crippen molar-refractivity contribution in [3.05, 3.63) is 29.5 Å². The quantitative estimate of drug-likeness (QED) is 0.862. The highest BCUT2D eigenvalue weighted by atomic mass is 32.1. The Morgan fingerprint density at radius 1 is 1.33 bits per heavy atom. The van der Waals surface area contributed by atoms with Gasteiger partial charge in [-0.3, -0.25) is 9.78 Å². The molecule has 18 heavy (non-hydrogen) atoms. The molecule has 7 heteroatoms. The summed E-state index contributed by atoms with van der Waals surface area (Å²) in [6.07, 6.45) is 4.23. The molecule has 0 aliphatic heterocycles. The summed E-state index contributed by atoms with van der Waals surface area (Å²) in [5.41, 5.74) is 0.688. The van der Waals surface area contributed by atoms with Crippen LogP contribution in [0.2, 0.25) is 0 Å². The van der Waals surface area contributed by atoms with E-state index in [0.29, 0.717) is 15.8 Å². The maximum atomic E-state index is 11.8. The van der Waals surface area contributed by atoms with Crippen LogP contribution in [0.15, 0.2) is 24.5 Å². The van der Waals surface area contributed by atoms with E-state index < -0.39 is 0 Å². The molecule has 0 aliphatic carbocycles. The first-order valence-electron chi connectivity index (χ1n) is 5.58. The Balaban J connectivity index is 1.99. The van der Waals surface area contributed by atoms with Crippen molar-refractivity contribution in [3.63, 3.8) is 0 Å². The van der Waals surface area contributed by atoms with Crippen LogP contribution in [0, 0.1) is 0 Å². The van der Waals surface area contributed by atoms with E-state index >= 15 is 0 Å². The molecule has 0 bridgehead atoms.